The number of hydrogen-bond donors (Lipinski definition) is 0. The number of ether oxygens (including phenoxy) is 1. The molecule has 0 aliphatic heterocycles. The maximum absolute atomic E-state index is 12.1. The Morgan fingerprint density at radius 1 is 1.18 bits per heavy atom. The Hall–Kier alpha value is -2.20. The summed E-state index contributed by atoms with van der Waals surface area (Å²) in [7, 11) is 0. The van der Waals surface area contributed by atoms with Crippen molar-refractivity contribution >= 4 is 11.8 Å². The third-order valence-electron chi connectivity index (χ3n) is 2.72. The molecule has 0 amide bonds. The summed E-state index contributed by atoms with van der Waals surface area (Å²) in [5.74, 6) is -0.252. The van der Waals surface area contributed by atoms with Gasteiger partial charge < -0.3 is 4.74 Å². The minimum Gasteiger partial charge on any atom is -0.406 e. The molecule has 0 fully saturated rings. The number of aromatic nitrogens is 1. The molecule has 0 saturated carbocycles. The first kappa shape index (κ1) is 16.2. The number of nitrogens with zero attached hydrogens (tertiary/aromatic N) is 2. The molecule has 1 unspecified atom stereocenters. The van der Waals surface area contributed by atoms with Gasteiger partial charge in [-0.05, 0) is 36.8 Å². The molecular formula is C15H11F3N2OS. The Balaban J connectivity index is 2.06. The quantitative estimate of drug-likeness (QED) is 0.764. The van der Waals surface area contributed by atoms with Gasteiger partial charge in [-0.1, -0.05) is 30.0 Å². The van der Waals surface area contributed by atoms with Gasteiger partial charge in [-0.15, -0.1) is 13.2 Å². The Bertz CT molecular complexity index is 680. The van der Waals surface area contributed by atoms with Crippen molar-refractivity contribution in [3.05, 3.63) is 53.7 Å². The molecule has 0 saturated heterocycles. The number of rotatable bonds is 4. The molecule has 0 radical (unpaired) electrons. The number of halogens is 3. The van der Waals surface area contributed by atoms with E-state index in [0.29, 0.717) is 10.7 Å². The van der Waals surface area contributed by atoms with Gasteiger partial charge in [0.05, 0.1) is 5.03 Å². The van der Waals surface area contributed by atoms with E-state index in [1.165, 1.54) is 23.9 Å². The van der Waals surface area contributed by atoms with Crippen LogP contribution in [-0.4, -0.2) is 11.3 Å². The summed E-state index contributed by atoms with van der Waals surface area (Å²) in [6.45, 7) is 1.91. The van der Waals surface area contributed by atoms with Gasteiger partial charge in [-0.2, -0.15) is 5.26 Å². The molecule has 2 rings (SSSR count). The normalized spacial score (nSPS) is 12.5. The van der Waals surface area contributed by atoms with Crippen molar-refractivity contribution in [1.29, 1.82) is 5.26 Å². The minimum absolute atomic E-state index is 0.0265. The van der Waals surface area contributed by atoms with Gasteiger partial charge in [0.15, 0.2) is 0 Å². The van der Waals surface area contributed by atoms with Crippen molar-refractivity contribution in [3.63, 3.8) is 0 Å². The fourth-order valence-electron chi connectivity index (χ4n) is 1.73. The third-order valence-corrected chi connectivity index (χ3v) is 3.81. The standard InChI is InChI=1S/C15H11F3N2OS/c1-10(22-14-4-2-3-12(9-19)20-14)11-5-7-13(8-6-11)21-15(16,17)18/h2-8,10H,1H3. The average Bonchev–Trinajstić information content (AvgIpc) is 2.46. The van der Waals surface area contributed by atoms with E-state index in [1.54, 1.807) is 30.3 Å². The monoisotopic (exact) mass is 324 g/mol. The molecule has 0 bridgehead atoms. The molecule has 1 aromatic carbocycles. The van der Waals surface area contributed by atoms with E-state index in [2.05, 4.69) is 9.72 Å². The van der Waals surface area contributed by atoms with E-state index in [-0.39, 0.29) is 11.0 Å². The number of benzene rings is 1. The maximum Gasteiger partial charge on any atom is 0.573 e. The van der Waals surface area contributed by atoms with Gasteiger partial charge >= 0.3 is 6.36 Å². The molecule has 3 nitrogen and oxygen atoms in total. The van der Waals surface area contributed by atoms with Crippen LogP contribution in [0, 0.1) is 11.3 Å². The number of nitriles is 1. The first-order valence-electron chi connectivity index (χ1n) is 6.27. The second kappa shape index (κ2) is 6.71. The van der Waals surface area contributed by atoms with Crippen LogP contribution in [-0.2, 0) is 0 Å². The van der Waals surface area contributed by atoms with Crippen LogP contribution in [0.15, 0.2) is 47.5 Å². The van der Waals surface area contributed by atoms with Crippen molar-refractivity contribution in [3.8, 4) is 11.8 Å². The predicted octanol–water partition coefficient (Wildman–Crippen LogP) is 4.71. The first-order valence-corrected chi connectivity index (χ1v) is 7.15. The molecule has 0 spiro atoms. The van der Waals surface area contributed by atoms with Crippen molar-refractivity contribution in [2.75, 3.05) is 0 Å². The van der Waals surface area contributed by atoms with Gasteiger partial charge in [0.2, 0.25) is 0 Å². The summed E-state index contributed by atoms with van der Waals surface area (Å²) in [4.78, 5) is 4.15. The third kappa shape index (κ3) is 4.67. The van der Waals surface area contributed by atoms with Crippen LogP contribution >= 0.6 is 11.8 Å². The highest BCUT2D eigenvalue weighted by molar-refractivity contribution is 7.99. The zero-order valence-corrected chi connectivity index (χ0v) is 12.3. The second-order valence-corrected chi connectivity index (χ2v) is 5.71. The van der Waals surface area contributed by atoms with E-state index in [9.17, 15) is 13.2 Å². The molecular weight excluding hydrogens is 313 g/mol. The van der Waals surface area contributed by atoms with E-state index >= 15 is 0 Å². The molecule has 1 aromatic heterocycles. The average molecular weight is 324 g/mol. The van der Waals surface area contributed by atoms with E-state index in [0.717, 1.165) is 5.56 Å². The molecule has 2 aromatic rings. The SMILES string of the molecule is CC(Sc1cccc(C#N)n1)c1ccc(OC(F)(F)F)cc1. The fourth-order valence-corrected chi connectivity index (χ4v) is 2.70. The van der Waals surface area contributed by atoms with E-state index in [4.69, 9.17) is 5.26 Å². The number of pyridine rings is 1. The Morgan fingerprint density at radius 3 is 2.45 bits per heavy atom. The van der Waals surface area contributed by atoms with Crippen LogP contribution in [0.3, 0.4) is 0 Å². The first-order chi connectivity index (χ1) is 10.4. The maximum atomic E-state index is 12.1. The highest BCUT2D eigenvalue weighted by Crippen LogP contribution is 2.34. The number of alkyl halides is 3. The van der Waals surface area contributed by atoms with E-state index < -0.39 is 6.36 Å². The van der Waals surface area contributed by atoms with Crippen molar-refractivity contribution < 1.29 is 17.9 Å². The summed E-state index contributed by atoms with van der Waals surface area (Å²) in [6.07, 6.45) is -4.69. The van der Waals surface area contributed by atoms with Crippen molar-refractivity contribution in [1.82, 2.24) is 4.98 Å². The van der Waals surface area contributed by atoms with Crippen LogP contribution in [0.4, 0.5) is 13.2 Å². The Labute approximate surface area is 129 Å². The summed E-state index contributed by atoms with van der Waals surface area (Å²) in [5, 5.41) is 9.47. The molecule has 114 valence electrons. The van der Waals surface area contributed by atoms with Crippen LogP contribution in [0.2, 0.25) is 0 Å². The smallest absolute Gasteiger partial charge is 0.406 e. The molecule has 1 heterocycles. The number of hydrogen-bond acceptors (Lipinski definition) is 4. The lowest BCUT2D eigenvalue weighted by Gasteiger charge is -2.13. The Kier molecular flexibility index (Phi) is 4.93. The lowest BCUT2D eigenvalue weighted by atomic mass is 10.2. The molecule has 0 aliphatic carbocycles. The molecule has 22 heavy (non-hydrogen) atoms. The highest BCUT2D eigenvalue weighted by Gasteiger charge is 2.31. The van der Waals surface area contributed by atoms with Crippen LogP contribution in [0.1, 0.15) is 23.4 Å². The van der Waals surface area contributed by atoms with Crippen LogP contribution in [0.25, 0.3) is 0 Å². The van der Waals surface area contributed by atoms with Gasteiger partial charge in [0, 0.05) is 5.25 Å². The zero-order valence-electron chi connectivity index (χ0n) is 11.5. The largest absolute Gasteiger partial charge is 0.573 e. The predicted molar refractivity (Wildman–Crippen MR) is 76.3 cm³/mol. The van der Waals surface area contributed by atoms with Gasteiger partial charge in [0.1, 0.15) is 17.5 Å². The van der Waals surface area contributed by atoms with Crippen LogP contribution < -0.4 is 4.74 Å². The second-order valence-electron chi connectivity index (χ2n) is 4.35. The molecule has 7 heteroatoms. The lowest BCUT2D eigenvalue weighted by molar-refractivity contribution is -0.274. The lowest BCUT2D eigenvalue weighted by Crippen LogP contribution is -2.17. The minimum atomic E-state index is -4.69. The fraction of sp³-hybridized carbons (Fsp3) is 0.200. The molecule has 0 N–H and O–H groups in total. The molecule has 0 aliphatic rings. The van der Waals surface area contributed by atoms with Crippen LogP contribution in [0.5, 0.6) is 5.75 Å². The van der Waals surface area contributed by atoms with Gasteiger partial charge in [-0.25, -0.2) is 4.98 Å². The van der Waals surface area contributed by atoms with E-state index in [1.807, 2.05) is 13.0 Å². The summed E-state index contributed by atoms with van der Waals surface area (Å²) in [5.41, 5.74) is 1.16. The highest BCUT2D eigenvalue weighted by atomic mass is 32.2. The summed E-state index contributed by atoms with van der Waals surface area (Å²) in [6, 6.07) is 12.8. The zero-order chi connectivity index (χ0) is 16.2. The van der Waals surface area contributed by atoms with Crippen molar-refractivity contribution in [2.24, 2.45) is 0 Å². The van der Waals surface area contributed by atoms with Gasteiger partial charge in [0.25, 0.3) is 0 Å². The number of thioether (sulfide) groups is 1. The summed E-state index contributed by atoms with van der Waals surface area (Å²) < 4.78 is 40.1. The van der Waals surface area contributed by atoms with Gasteiger partial charge in [-0.3, -0.25) is 0 Å². The topological polar surface area (TPSA) is 45.9 Å². The van der Waals surface area contributed by atoms with Crippen molar-refractivity contribution in [2.45, 2.75) is 23.6 Å². The summed E-state index contributed by atoms with van der Waals surface area (Å²) >= 11 is 1.42. The Morgan fingerprint density at radius 2 is 1.86 bits per heavy atom. The molecule has 1 atom stereocenters.